The van der Waals surface area contributed by atoms with E-state index in [1.165, 1.54) is 19.2 Å². The van der Waals surface area contributed by atoms with E-state index < -0.39 is 10.0 Å². The first-order valence-electron chi connectivity index (χ1n) is 10.6. The molecule has 8 nitrogen and oxygen atoms in total. The maximum Gasteiger partial charge on any atom is 0.254 e. The Bertz CT molecular complexity index is 1020. The Morgan fingerprint density at radius 2 is 1.78 bits per heavy atom. The molecule has 1 aliphatic rings. The molecule has 0 aliphatic carbocycles. The van der Waals surface area contributed by atoms with E-state index in [4.69, 9.17) is 9.47 Å². The molecule has 174 valence electrons. The van der Waals surface area contributed by atoms with Crippen LogP contribution in [0.4, 0.5) is 5.69 Å². The summed E-state index contributed by atoms with van der Waals surface area (Å²) in [6.45, 7) is 4.99. The number of amides is 1. The molecule has 32 heavy (non-hydrogen) atoms. The average molecular weight is 462 g/mol. The van der Waals surface area contributed by atoms with Gasteiger partial charge in [-0.2, -0.15) is 0 Å². The quantitative estimate of drug-likeness (QED) is 0.607. The van der Waals surface area contributed by atoms with E-state index in [-0.39, 0.29) is 24.0 Å². The van der Waals surface area contributed by atoms with Gasteiger partial charge in [-0.05, 0) is 55.3 Å². The largest absolute Gasteiger partial charge is 0.497 e. The van der Waals surface area contributed by atoms with E-state index >= 15 is 0 Å². The fourth-order valence-electron chi connectivity index (χ4n) is 3.70. The lowest BCUT2D eigenvalue weighted by molar-refractivity contribution is 0.0766. The molecule has 1 amide bonds. The van der Waals surface area contributed by atoms with Gasteiger partial charge in [0, 0.05) is 51.1 Å². The molecule has 0 aromatic heterocycles. The lowest BCUT2D eigenvalue weighted by atomic mass is 10.1. The van der Waals surface area contributed by atoms with Gasteiger partial charge in [-0.1, -0.05) is 6.07 Å². The molecule has 9 heteroatoms. The Balaban J connectivity index is 1.72. The van der Waals surface area contributed by atoms with Crippen LogP contribution in [0.5, 0.6) is 5.75 Å². The normalized spacial score (nSPS) is 14.8. The zero-order chi connectivity index (χ0) is 23.1. The smallest absolute Gasteiger partial charge is 0.254 e. The van der Waals surface area contributed by atoms with Crippen LogP contribution < -0.4 is 14.4 Å². The number of aryl methyl sites for hydroxylation is 1. The second-order valence-corrected chi connectivity index (χ2v) is 9.47. The van der Waals surface area contributed by atoms with E-state index in [0.29, 0.717) is 25.2 Å². The Labute approximate surface area is 190 Å². The van der Waals surface area contributed by atoms with Gasteiger partial charge in [0.25, 0.3) is 5.91 Å². The molecule has 1 N–H and O–H groups in total. The summed E-state index contributed by atoms with van der Waals surface area (Å²) in [6, 6.07) is 12.6. The van der Waals surface area contributed by atoms with E-state index in [0.717, 1.165) is 30.0 Å². The van der Waals surface area contributed by atoms with Crippen molar-refractivity contribution in [1.29, 1.82) is 0 Å². The summed E-state index contributed by atoms with van der Waals surface area (Å²) in [7, 11) is -0.564. The van der Waals surface area contributed by atoms with Crippen molar-refractivity contribution in [3.63, 3.8) is 0 Å². The van der Waals surface area contributed by atoms with Crippen LogP contribution in [0.2, 0.25) is 0 Å². The fraction of sp³-hybridized carbons (Fsp3) is 0.435. The molecular formula is C23H31N3O5S. The Morgan fingerprint density at radius 1 is 1.03 bits per heavy atom. The predicted molar refractivity (Wildman–Crippen MR) is 124 cm³/mol. The van der Waals surface area contributed by atoms with Crippen LogP contribution in [0.25, 0.3) is 0 Å². The first-order valence-corrected chi connectivity index (χ1v) is 12.1. The number of rotatable bonds is 8. The number of nitrogens with zero attached hydrogens (tertiary/aromatic N) is 2. The molecule has 0 unspecified atom stereocenters. The van der Waals surface area contributed by atoms with Crippen molar-refractivity contribution in [2.45, 2.75) is 18.2 Å². The molecule has 0 atom stereocenters. The van der Waals surface area contributed by atoms with E-state index in [1.54, 1.807) is 18.1 Å². The van der Waals surface area contributed by atoms with E-state index in [2.05, 4.69) is 9.62 Å². The van der Waals surface area contributed by atoms with E-state index in [9.17, 15) is 13.2 Å². The lowest BCUT2D eigenvalue weighted by Gasteiger charge is -2.24. The SMILES string of the molecule is COCCNS(=O)(=O)c1ccc(C)c(C(=O)N2CCCN(c3ccc(OC)cc3)CC2)c1. The number of carbonyl (C=O) groups excluding carboxylic acids is 1. The predicted octanol–water partition coefficient (Wildman–Crippen LogP) is 2.28. The molecule has 1 aliphatic heterocycles. The second-order valence-electron chi connectivity index (χ2n) is 7.70. The second kappa shape index (κ2) is 10.8. The van der Waals surface area contributed by atoms with E-state index in [1.807, 2.05) is 31.2 Å². The van der Waals surface area contributed by atoms with Gasteiger partial charge in [0.2, 0.25) is 10.0 Å². The van der Waals surface area contributed by atoms with Crippen molar-refractivity contribution < 1.29 is 22.7 Å². The molecule has 3 rings (SSSR count). The number of carbonyl (C=O) groups is 1. The highest BCUT2D eigenvalue weighted by molar-refractivity contribution is 7.89. The summed E-state index contributed by atoms with van der Waals surface area (Å²) in [5.74, 6) is 0.662. The highest BCUT2D eigenvalue weighted by Crippen LogP contribution is 2.22. The number of hydrogen-bond acceptors (Lipinski definition) is 6. The van der Waals surface area contributed by atoms with Crippen molar-refractivity contribution in [3.05, 3.63) is 53.6 Å². The fourth-order valence-corrected chi connectivity index (χ4v) is 4.74. The molecule has 1 saturated heterocycles. The van der Waals surface area contributed by atoms with Crippen molar-refractivity contribution >= 4 is 21.6 Å². The summed E-state index contributed by atoms with van der Waals surface area (Å²) in [5.41, 5.74) is 2.26. The van der Waals surface area contributed by atoms with Crippen LogP contribution in [0.1, 0.15) is 22.3 Å². The van der Waals surface area contributed by atoms with Crippen LogP contribution in [0.15, 0.2) is 47.4 Å². The summed E-state index contributed by atoms with van der Waals surface area (Å²) in [4.78, 5) is 17.4. The number of benzene rings is 2. The molecule has 1 fully saturated rings. The third-order valence-electron chi connectivity index (χ3n) is 5.57. The summed E-state index contributed by atoms with van der Waals surface area (Å²) in [6.07, 6.45) is 0.827. The third kappa shape index (κ3) is 5.79. The molecular weight excluding hydrogens is 430 g/mol. The Hall–Kier alpha value is -2.62. The van der Waals surface area contributed by atoms with Crippen molar-refractivity contribution in [3.8, 4) is 5.75 Å². The minimum absolute atomic E-state index is 0.0808. The number of nitrogens with one attached hydrogen (secondary N) is 1. The number of sulfonamides is 1. The zero-order valence-electron chi connectivity index (χ0n) is 18.8. The minimum Gasteiger partial charge on any atom is -0.497 e. The minimum atomic E-state index is -3.71. The van der Waals surface area contributed by atoms with Crippen molar-refractivity contribution in [2.24, 2.45) is 0 Å². The average Bonchev–Trinajstić information content (AvgIpc) is 3.05. The van der Waals surface area contributed by atoms with Crippen LogP contribution in [0.3, 0.4) is 0 Å². The third-order valence-corrected chi connectivity index (χ3v) is 7.03. The van der Waals surface area contributed by atoms with Crippen molar-refractivity contribution in [2.75, 3.05) is 58.5 Å². The summed E-state index contributed by atoms with van der Waals surface area (Å²) >= 11 is 0. The molecule has 0 saturated carbocycles. The van der Waals surface area contributed by atoms with Crippen LogP contribution in [-0.4, -0.2) is 72.8 Å². The maximum atomic E-state index is 13.3. The molecule has 2 aromatic carbocycles. The Morgan fingerprint density at radius 3 is 2.47 bits per heavy atom. The topological polar surface area (TPSA) is 88.2 Å². The van der Waals surface area contributed by atoms with Gasteiger partial charge < -0.3 is 19.3 Å². The number of anilines is 1. The molecule has 0 spiro atoms. The zero-order valence-corrected chi connectivity index (χ0v) is 19.7. The summed E-state index contributed by atoms with van der Waals surface area (Å²) in [5, 5.41) is 0. The van der Waals surface area contributed by atoms with Gasteiger partial charge in [-0.25, -0.2) is 13.1 Å². The van der Waals surface area contributed by atoms with Crippen LogP contribution in [-0.2, 0) is 14.8 Å². The van der Waals surface area contributed by atoms with Crippen LogP contribution >= 0.6 is 0 Å². The van der Waals surface area contributed by atoms with Gasteiger partial charge >= 0.3 is 0 Å². The first-order chi connectivity index (χ1) is 15.4. The highest BCUT2D eigenvalue weighted by Gasteiger charge is 2.24. The monoisotopic (exact) mass is 461 g/mol. The van der Waals surface area contributed by atoms with Crippen molar-refractivity contribution in [1.82, 2.24) is 9.62 Å². The molecule has 0 bridgehead atoms. The number of methoxy groups -OCH3 is 2. The highest BCUT2D eigenvalue weighted by atomic mass is 32.2. The lowest BCUT2D eigenvalue weighted by Crippen LogP contribution is -2.35. The maximum absolute atomic E-state index is 13.3. The van der Waals surface area contributed by atoms with Gasteiger partial charge in [0.15, 0.2) is 0 Å². The number of hydrogen-bond donors (Lipinski definition) is 1. The number of ether oxygens (including phenoxy) is 2. The molecule has 2 aromatic rings. The van der Waals surface area contributed by atoms with Gasteiger partial charge in [0.1, 0.15) is 5.75 Å². The standard InChI is InChI=1S/C23H31N3O5S/c1-18-5-10-21(32(28,29)24-11-16-30-2)17-22(18)23(27)26-13-4-12-25(14-15-26)19-6-8-20(31-3)9-7-19/h5-10,17,24H,4,11-16H2,1-3H3. The molecule has 0 radical (unpaired) electrons. The van der Waals surface area contributed by atoms with Gasteiger partial charge in [-0.3, -0.25) is 4.79 Å². The first kappa shape index (κ1) is 24.0. The van der Waals surface area contributed by atoms with Gasteiger partial charge in [-0.15, -0.1) is 0 Å². The molecule has 1 heterocycles. The van der Waals surface area contributed by atoms with Crippen LogP contribution in [0, 0.1) is 6.92 Å². The summed E-state index contributed by atoms with van der Waals surface area (Å²) < 4.78 is 37.7. The Kier molecular flexibility index (Phi) is 8.11. The van der Waals surface area contributed by atoms with Gasteiger partial charge in [0.05, 0.1) is 18.6 Å².